The molecule has 1 aliphatic heterocycles. The van der Waals surface area contributed by atoms with Gasteiger partial charge in [-0.25, -0.2) is 4.98 Å². The third kappa shape index (κ3) is 1.81. The zero-order valence-corrected chi connectivity index (χ0v) is 7.43. The molecule has 0 amide bonds. The fraction of sp³-hybridized carbons (Fsp3) is 0.375. The van der Waals surface area contributed by atoms with Gasteiger partial charge in [0.2, 0.25) is 0 Å². The lowest BCUT2D eigenvalue weighted by Crippen LogP contribution is -2.32. The van der Waals surface area contributed by atoms with Crippen molar-refractivity contribution < 1.29 is 9.31 Å². The summed E-state index contributed by atoms with van der Waals surface area (Å²) < 4.78 is 10.9. The van der Waals surface area contributed by atoms with Crippen LogP contribution in [0.4, 0.5) is 5.82 Å². The Hall–Kier alpha value is -1.07. The molecule has 4 nitrogen and oxygen atoms in total. The zero-order valence-electron chi connectivity index (χ0n) is 7.43. The summed E-state index contributed by atoms with van der Waals surface area (Å²) in [6, 6.07) is 3.61. The SMILES string of the molecule is CC1COB(c2ccc(N)nc2)O1. The van der Waals surface area contributed by atoms with Crippen LogP contribution in [0, 0.1) is 0 Å². The summed E-state index contributed by atoms with van der Waals surface area (Å²) in [7, 11) is -0.275. The van der Waals surface area contributed by atoms with E-state index in [4.69, 9.17) is 15.0 Å². The standard InChI is InChI=1S/C8H11BN2O2/c1-6-5-12-9(13-6)7-2-3-8(10)11-4-7/h2-4,6H,5H2,1H3,(H2,10,11). The van der Waals surface area contributed by atoms with Gasteiger partial charge in [0.1, 0.15) is 5.82 Å². The van der Waals surface area contributed by atoms with Crippen LogP contribution in [-0.2, 0) is 9.31 Å². The Morgan fingerprint density at radius 2 is 2.46 bits per heavy atom. The lowest BCUT2D eigenvalue weighted by Gasteiger charge is -2.04. The van der Waals surface area contributed by atoms with E-state index in [0.29, 0.717) is 12.4 Å². The van der Waals surface area contributed by atoms with E-state index in [2.05, 4.69) is 4.98 Å². The monoisotopic (exact) mass is 178 g/mol. The minimum absolute atomic E-state index is 0.155. The van der Waals surface area contributed by atoms with E-state index in [9.17, 15) is 0 Å². The second-order valence-electron chi connectivity index (χ2n) is 3.13. The summed E-state index contributed by atoms with van der Waals surface area (Å²) in [5, 5.41) is 0. The van der Waals surface area contributed by atoms with E-state index >= 15 is 0 Å². The number of nitrogen functional groups attached to an aromatic ring is 1. The van der Waals surface area contributed by atoms with Gasteiger partial charge in [0.15, 0.2) is 0 Å². The average molecular weight is 178 g/mol. The van der Waals surface area contributed by atoms with Crippen LogP contribution >= 0.6 is 0 Å². The summed E-state index contributed by atoms with van der Waals surface area (Å²) in [6.45, 7) is 2.61. The van der Waals surface area contributed by atoms with Gasteiger partial charge in [0.25, 0.3) is 0 Å². The van der Waals surface area contributed by atoms with Crippen LogP contribution in [0.5, 0.6) is 0 Å². The van der Waals surface area contributed by atoms with Crippen molar-refractivity contribution in [1.82, 2.24) is 4.98 Å². The van der Waals surface area contributed by atoms with Crippen LogP contribution in [0.15, 0.2) is 18.3 Å². The Labute approximate surface area is 77.2 Å². The van der Waals surface area contributed by atoms with E-state index in [1.165, 1.54) is 0 Å². The highest BCUT2D eigenvalue weighted by atomic mass is 16.6. The molecular formula is C8H11BN2O2. The molecule has 0 saturated carbocycles. The summed E-state index contributed by atoms with van der Waals surface area (Å²) in [6.07, 6.45) is 1.83. The van der Waals surface area contributed by atoms with Crippen LogP contribution in [0.1, 0.15) is 6.92 Å². The Morgan fingerprint density at radius 3 is 3.00 bits per heavy atom. The Bertz CT molecular complexity index is 291. The van der Waals surface area contributed by atoms with Crippen molar-refractivity contribution in [3.05, 3.63) is 18.3 Å². The molecule has 1 fully saturated rings. The molecule has 2 N–H and O–H groups in total. The van der Waals surface area contributed by atoms with E-state index in [0.717, 1.165) is 5.46 Å². The molecule has 68 valence electrons. The quantitative estimate of drug-likeness (QED) is 0.604. The van der Waals surface area contributed by atoms with Crippen molar-refractivity contribution >= 4 is 18.4 Å². The summed E-state index contributed by atoms with van der Waals surface area (Å²) in [5.74, 6) is 0.509. The molecule has 1 saturated heterocycles. The van der Waals surface area contributed by atoms with Gasteiger partial charge in [-0.2, -0.15) is 0 Å². The molecule has 0 radical (unpaired) electrons. The van der Waals surface area contributed by atoms with Gasteiger partial charge in [0, 0.05) is 11.7 Å². The van der Waals surface area contributed by atoms with Crippen molar-refractivity contribution in [3.8, 4) is 0 Å². The highest BCUT2D eigenvalue weighted by Gasteiger charge is 2.30. The highest BCUT2D eigenvalue weighted by molar-refractivity contribution is 6.61. The third-order valence-corrected chi connectivity index (χ3v) is 1.92. The van der Waals surface area contributed by atoms with Crippen molar-refractivity contribution in [2.75, 3.05) is 12.3 Å². The fourth-order valence-corrected chi connectivity index (χ4v) is 1.24. The molecular weight excluding hydrogens is 167 g/mol. The van der Waals surface area contributed by atoms with Crippen LogP contribution < -0.4 is 11.2 Å². The summed E-state index contributed by atoms with van der Waals surface area (Å²) >= 11 is 0. The Kier molecular flexibility index (Phi) is 2.20. The molecule has 5 heteroatoms. The van der Waals surface area contributed by atoms with E-state index in [1.54, 1.807) is 12.3 Å². The fourth-order valence-electron chi connectivity index (χ4n) is 1.24. The lowest BCUT2D eigenvalue weighted by atomic mass is 9.81. The number of nitrogens with two attached hydrogens (primary N) is 1. The Balaban J connectivity index is 2.13. The first-order chi connectivity index (χ1) is 6.25. The maximum Gasteiger partial charge on any atom is 0.495 e. The maximum atomic E-state index is 5.48. The summed E-state index contributed by atoms with van der Waals surface area (Å²) in [4.78, 5) is 3.97. The zero-order chi connectivity index (χ0) is 9.26. The molecule has 1 aromatic heterocycles. The topological polar surface area (TPSA) is 57.4 Å². The molecule has 2 rings (SSSR count). The minimum Gasteiger partial charge on any atom is -0.405 e. The molecule has 1 aromatic rings. The number of aromatic nitrogens is 1. The van der Waals surface area contributed by atoms with Crippen LogP contribution in [0.2, 0.25) is 0 Å². The van der Waals surface area contributed by atoms with Gasteiger partial charge in [-0.05, 0) is 13.0 Å². The van der Waals surface area contributed by atoms with E-state index in [-0.39, 0.29) is 13.2 Å². The summed E-state index contributed by atoms with van der Waals surface area (Å²) in [5.41, 5.74) is 6.38. The second-order valence-corrected chi connectivity index (χ2v) is 3.13. The van der Waals surface area contributed by atoms with E-state index in [1.807, 2.05) is 13.0 Å². The third-order valence-electron chi connectivity index (χ3n) is 1.92. The number of nitrogens with zero attached hydrogens (tertiary/aromatic N) is 1. The van der Waals surface area contributed by atoms with Crippen LogP contribution in [0.3, 0.4) is 0 Å². The molecule has 0 aliphatic carbocycles. The molecule has 1 unspecified atom stereocenters. The normalized spacial score (nSPS) is 22.2. The van der Waals surface area contributed by atoms with Crippen molar-refractivity contribution in [1.29, 1.82) is 0 Å². The molecule has 13 heavy (non-hydrogen) atoms. The number of pyridine rings is 1. The van der Waals surface area contributed by atoms with E-state index < -0.39 is 0 Å². The van der Waals surface area contributed by atoms with Crippen molar-refractivity contribution in [2.45, 2.75) is 13.0 Å². The second kappa shape index (κ2) is 3.36. The largest absolute Gasteiger partial charge is 0.495 e. The van der Waals surface area contributed by atoms with Gasteiger partial charge in [-0.1, -0.05) is 6.07 Å². The number of anilines is 1. The number of hydrogen-bond acceptors (Lipinski definition) is 4. The van der Waals surface area contributed by atoms with Gasteiger partial charge >= 0.3 is 7.12 Å². The molecule has 1 aliphatic rings. The van der Waals surface area contributed by atoms with Crippen LogP contribution in [-0.4, -0.2) is 24.8 Å². The molecule has 0 bridgehead atoms. The Morgan fingerprint density at radius 1 is 1.62 bits per heavy atom. The van der Waals surface area contributed by atoms with Crippen molar-refractivity contribution in [2.24, 2.45) is 0 Å². The molecule has 2 heterocycles. The molecule has 0 aromatic carbocycles. The predicted molar refractivity (Wildman–Crippen MR) is 50.5 cm³/mol. The predicted octanol–water partition coefficient (Wildman–Crippen LogP) is -0.206. The van der Waals surface area contributed by atoms with Gasteiger partial charge < -0.3 is 15.0 Å². The highest BCUT2D eigenvalue weighted by Crippen LogP contribution is 2.07. The minimum atomic E-state index is -0.275. The molecule has 1 atom stereocenters. The first-order valence-electron chi connectivity index (χ1n) is 4.24. The van der Waals surface area contributed by atoms with Gasteiger partial charge in [-0.3, -0.25) is 0 Å². The van der Waals surface area contributed by atoms with Crippen molar-refractivity contribution in [3.63, 3.8) is 0 Å². The van der Waals surface area contributed by atoms with Gasteiger partial charge in [-0.15, -0.1) is 0 Å². The number of rotatable bonds is 1. The van der Waals surface area contributed by atoms with Gasteiger partial charge in [0.05, 0.1) is 12.7 Å². The van der Waals surface area contributed by atoms with Crippen LogP contribution in [0.25, 0.3) is 0 Å². The molecule has 0 spiro atoms. The number of hydrogen-bond donors (Lipinski definition) is 1. The first-order valence-corrected chi connectivity index (χ1v) is 4.24. The lowest BCUT2D eigenvalue weighted by molar-refractivity contribution is 0.258. The smallest absolute Gasteiger partial charge is 0.405 e. The first kappa shape index (κ1) is 8.53. The maximum absolute atomic E-state index is 5.48. The average Bonchev–Trinajstić information content (AvgIpc) is 2.53.